The van der Waals surface area contributed by atoms with E-state index >= 15 is 0 Å². The molecule has 45 heavy (non-hydrogen) atoms. The van der Waals surface area contributed by atoms with Crippen LogP contribution in [-0.4, -0.2) is 50.2 Å². The number of anilines is 1. The molecule has 0 bridgehead atoms. The van der Waals surface area contributed by atoms with Crippen molar-refractivity contribution in [3.63, 3.8) is 0 Å². The van der Waals surface area contributed by atoms with Crippen LogP contribution in [0.25, 0.3) is 12.2 Å². The number of phosphoric acid groups is 1. The maximum atomic E-state index is 13.7. The fraction of sp³-hybridized carbons (Fsp3) is 0.355. The molecule has 0 unspecified atom stereocenters. The Morgan fingerprint density at radius 2 is 1.56 bits per heavy atom. The number of ether oxygens (including phenoxy) is 3. The van der Waals surface area contributed by atoms with E-state index in [1.807, 2.05) is 36.4 Å². The normalized spacial score (nSPS) is 12.7. The third-order valence-electron chi connectivity index (χ3n) is 6.31. The molecule has 244 valence electrons. The molecule has 1 amide bonds. The van der Waals surface area contributed by atoms with Crippen LogP contribution in [0, 0.1) is 0 Å². The summed E-state index contributed by atoms with van der Waals surface area (Å²) in [6.07, 6.45) is 4.26. The van der Waals surface area contributed by atoms with Gasteiger partial charge in [-0.25, -0.2) is 9.36 Å². The van der Waals surface area contributed by atoms with Crippen molar-refractivity contribution in [3.8, 4) is 5.75 Å². The lowest BCUT2D eigenvalue weighted by molar-refractivity contribution is -0.364. The minimum atomic E-state index is -5.05. The third-order valence-corrected chi connectivity index (χ3v) is 10.4. The maximum Gasteiger partial charge on any atom is 0.524 e. The molecule has 10 nitrogen and oxygen atoms in total. The molecular weight excluding hydrogens is 651 g/mol. The van der Waals surface area contributed by atoms with Gasteiger partial charge in [0.05, 0.1) is 30.2 Å². The van der Waals surface area contributed by atoms with Crippen molar-refractivity contribution in [1.82, 2.24) is 4.98 Å². The predicted molar refractivity (Wildman–Crippen MR) is 184 cm³/mol. The Kier molecular flexibility index (Phi) is 12.8. The molecule has 3 aromatic rings. The second-order valence-corrected chi connectivity index (χ2v) is 25.6. The highest BCUT2D eigenvalue weighted by atomic mass is 35.5. The average Bonchev–Trinajstić information content (AvgIpc) is 2.92. The molecule has 14 heteroatoms. The zero-order valence-corrected chi connectivity index (χ0v) is 30.1. The largest absolute Gasteiger partial charge is 0.524 e. The monoisotopic (exact) mass is 692 g/mol. The van der Waals surface area contributed by atoms with E-state index in [1.165, 1.54) is 18.2 Å². The molecule has 0 aliphatic carbocycles. The van der Waals surface area contributed by atoms with Gasteiger partial charge in [0.15, 0.2) is 0 Å². The van der Waals surface area contributed by atoms with Gasteiger partial charge in [-0.3, -0.25) is 20.1 Å². The lowest BCUT2D eigenvalue weighted by Crippen LogP contribution is -2.42. The molecule has 0 atom stereocenters. The van der Waals surface area contributed by atoms with Gasteiger partial charge in [0, 0.05) is 27.4 Å². The minimum absolute atomic E-state index is 0.102. The van der Waals surface area contributed by atoms with E-state index in [9.17, 15) is 19.1 Å². The number of hydrogen-bond acceptors (Lipinski definition) is 7. The lowest BCUT2D eigenvalue weighted by atomic mass is 10.1. The standard InChI is InChI=1S/C31H42ClN2O8PSi2/c1-44(2,3)21-19-39-31(40-20-22-45(4,5)6,26-23-25(32)15-17-29(26)42-43(36,37)38)41-30(35)34-28-13-10-18-33-27(28)16-14-24-11-8-7-9-12-24/h7-18,23H,19-22H2,1-6H3,(H,34,35)(H2,36,37,38). The summed E-state index contributed by atoms with van der Waals surface area (Å²) in [7, 11) is -8.36. The number of amides is 1. The summed E-state index contributed by atoms with van der Waals surface area (Å²) in [5.74, 6) is -2.57. The Morgan fingerprint density at radius 3 is 2.13 bits per heavy atom. The first-order chi connectivity index (χ1) is 20.9. The number of pyridine rings is 1. The van der Waals surface area contributed by atoms with Crippen LogP contribution in [0.1, 0.15) is 16.8 Å². The number of hydrogen-bond donors (Lipinski definition) is 3. The number of benzene rings is 2. The van der Waals surface area contributed by atoms with Crippen LogP contribution in [0.5, 0.6) is 5.75 Å². The smallest absolute Gasteiger partial charge is 0.404 e. The van der Waals surface area contributed by atoms with E-state index in [-0.39, 0.29) is 29.5 Å². The number of nitrogens with one attached hydrogen (secondary N) is 1. The molecule has 2 aromatic carbocycles. The number of aromatic nitrogens is 1. The molecule has 1 heterocycles. The van der Waals surface area contributed by atoms with Crippen LogP contribution < -0.4 is 9.84 Å². The first kappa shape index (κ1) is 36.7. The van der Waals surface area contributed by atoms with Crippen LogP contribution in [0.15, 0.2) is 66.9 Å². The van der Waals surface area contributed by atoms with Crippen LogP contribution in [0.4, 0.5) is 10.5 Å². The molecular formula is C31H42ClN2O8PSi2. The predicted octanol–water partition coefficient (Wildman–Crippen LogP) is 8.45. The molecule has 0 aliphatic rings. The van der Waals surface area contributed by atoms with Gasteiger partial charge in [-0.05, 0) is 54.1 Å². The van der Waals surface area contributed by atoms with Crippen LogP contribution >= 0.6 is 19.4 Å². The number of phosphoric ester groups is 1. The second-order valence-electron chi connectivity index (χ2n) is 12.8. The Labute approximate surface area is 272 Å². The van der Waals surface area contributed by atoms with Crippen molar-refractivity contribution >= 4 is 59.5 Å². The molecule has 0 aliphatic heterocycles. The Bertz CT molecular complexity index is 1490. The van der Waals surface area contributed by atoms with Crippen LogP contribution in [0.2, 0.25) is 56.4 Å². The van der Waals surface area contributed by atoms with Crippen LogP contribution in [-0.2, 0) is 24.7 Å². The number of nitrogens with zero attached hydrogens (tertiary/aromatic N) is 1. The van der Waals surface area contributed by atoms with Crippen molar-refractivity contribution in [2.24, 2.45) is 0 Å². The molecule has 1 aromatic heterocycles. The SMILES string of the molecule is C[Si](C)(C)CCOC(OCC[Si](C)(C)C)(OC(=O)Nc1cccnc1C=Cc1ccccc1)c1cc(Cl)ccc1OP(=O)(O)O. The summed E-state index contributed by atoms with van der Waals surface area (Å²) in [5.41, 5.74) is 1.66. The van der Waals surface area contributed by atoms with Gasteiger partial charge in [-0.1, -0.05) is 87.3 Å². The Hall–Kier alpha value is -2.81. The lowest BCUT2D eigenvalue weighted by Gasteiger charge is -2.35. The van der Waals surface area contributed by atoms with Crippen molar-refractivity contribution in [2.45, 2.75) is 57.3 Å². The molecule has 0 saturated carbocycles. The van der Waals surface area contributed by atoms with E-state index in [2.05, 4.69) is 49.6 Å². The summed E-state index contributed by atoms with van der Waals surface area (Å²) in [6.45, 7) is 13.2. The van der Waals surface area contributed by atoms with E-state index in [1.54, 1.807) is 24.4 Å². The quantitative estimate of drug-likeness (QED) is 0.0814. The Morgan fingerprint density at radius 1 is 0.933 bits per heavy atom. The van der Waals surface area contributed by atoms with Gasteiger partial charge in [0.2, 0.25) is 0 Å². The van der Waals surface area contributed by atoms with Crippen molar-refractivity contribution in [1.29, 1.82) is 0 Å². The minimum Gasteiger partial charge on any atom is -0.404 e. The number of rotatable bonds is 15. The molecule has 0 radical (unpaired) electrons. The number of halogens is 1. The fourth-order valence-electron chi connectivity index (χ4n) is 3.90. The molecule has 0 spiro atoms. The van der Waals surface area contributed by atoms with Gasteiger partial charge < -0.3 is 18.7 Å². The second kappa shape index (κ2) is 15.7. The van der Waals surface area contributed by atoms with Crippen molar-refractivity contribution < 1.29 is 37.9 Å². The van der Waals surface area contributed by atoms with Gasteiger partial charge in [0.25, 0.3) is 0 Å². The maximum absolute atomic E-state index is 13.7. The van der Waals surface area contributed by atoms with Gasteiger partial charge in [-0.15, -0.1) is 0 Å². The topological polar surface area (TPSA) is 136 Å². The Balaban J connectivity index is 2.05. The molecule has 3 rings (SSSR count). The summed E-state index contributed by atoms with van der Waals surface area (Å²) in [6, 6.07) is 18.3. The molecule has 3 N–H and O–H groups in total. The summed E-state index contributed by atoms with van der Waals surface area (Å²) >= 11 is 6.36. The van der Waals surface area contributed by atoms with E-state index in [4.69, 9.17) is 30.3 Å². The van der Waals surface area contributed by atoms with Crippen molar-refractivity contribution in [3.05, 3.63) is 88.7 Å². The number of carbonyl (C=O) groups is 1. The highest BCUT2D eigenvalue weighted by molar-refractivity contribution is 7.46. The first-order valence-corrected chi connectivity index (χ1v) is 23.8. The molecule has 0 saturated heterocycles. The summed E-state index contributed by atoms with van der Waals surface area (Å²) in [5, 5.41) is 2.90. The van der Waals surface area contributed by atoms with E-state index < -0.39 is 36.0 Å². The highest BCUT2D eigenvalue weighted by Crippen LogP contribution is 2.45. The van der Waals surface area contributed by atoms with Gasteiger partial charge in [0.1, 0.15) is 5.75 Å². The summed E-state index contributed by atoms with van der Waals surface area (Å²) in [4.78, 5) is 37.4. The van der Waals surface area contributed by atoms with E-state index in [0.29, 0.717) is 23.5 Å². The van der Waals surface area contributed by atoms with E-state index in [0.717, 1.165) is 5.56 Å². The number of carbonyl (C=O) groups excluding carboxylic acids is 1. The average molecular weight is 693 g/mol. The zero-order chi connectivity index (χ0) is 33.3. The third kappa shape index (κ3) is 12.8. The first-order valence-electron chi connectivity index (χ1n) is 14.5. The fourth-order valence-corrected chi connectivity index (χ4v) is 5.91. The highest BCUT2D eigenvalue weighted by Gasteiger charge is 2.44. The zero-order valence-electron chi connectivity index (χ0n) is 26.5. The van der Waals surface area contributed by atoms with Gasteiger partial charge >= 0.3 is 19.9 Å². The van der Waals surface area contributed by atoms with Crippen LogP contribution in [0.3, 0.4) is 0 Å². The van der Waals surface area contributed by atoms with Gasteiger partial charge in [-0.2, -0.15) is 0 Å². The summed E-state index contributed by atoms with van der Waals surface area (Å²) < 4.78 is 35.5. The van der Waals surface area contributed by atoms with Crippen molar-refractivity contribution in [2.75, 3.05) is 18.5 Å². The molecule has 0 fully saturated rings.